The molecule has 1 fully saturated rings. The summed E-state index contributed by atoms with van der Waals surface area (Å²) >= 11 is 1.36. The van der Waals surface area contributed by atoms with Crippen molar-refractivity contribution in [1.29, 1.82) is 0 Å². The number of nitro benzene ring substituents is 1. The maximum absolute atomic E-state index is 13.1. The van der Waals surface area contributed by atoms with Gasteiger partial charge in [0.25, 0.3) is 11.8 Å². The Bertz CT molecular complexity index is 954. The summed E-state index contributed by atoms with van der Waals surface area (Å²) in [6, 6.07) is 4.84. The molecule has 2 heterocycles. The highest BCUT2D eigenvalue weighted by molar-refractivity contribution is 7.12. The molecule has 11 heteroatoms. The molecule has 0 atom stereocenters. The SMILES string of the molecule is COc1cc(C(=O)N2CCN(C(=O)c3cccs3)CC2)c([N+](=O)[O-])c(OC)c1OC. The van der Waals surface area contributed by atoms with E-state index in [0.717, 1.165) is 0 Å². The molecule has 10 nitrogen and oxygen atoms in total. The molecule has 0 spiro atoms. The molecule has 0 bridgehead atoms. The summed E-state index contributed by atoms with van der Waals surface area (Å²) in [4.78, 5) is 40.5. The second kappa shape index (κ2) is 8.99. The van der Waals surface area contributed by atoms with Crippen LogP contribution in [0, 0.1) is 10.1 Å². The van der Waals surface area contributed by atoms with E-state index < -0.39 is 16.5 Å². The van der Waals surface area contributed by atoms with Gasteiger partial charge in [-0.05, 0) is 11.4 Å². The third-order valence-corrected chi connectivity index (χ3v) is 5.66. The van der Waals surface area contributed by atoms with Crippen LogP contribution in [0.4, 0.5) is 5.69 Å². The van der Waals surface area contributed by atoms with Gasteiger partial charge < -0.3 is 24.0 Å². The lowest BCUT2D eigenvalue weighted by Gasteiger charge is -2.34. The molecule has 1 aromatic carbocycles. The van der Waals surface area contributed by atoms with Gasteiger partial charge in [-0.2, -0.15) is 0 Å². The Morgan fingerprint density at radius 1 is 1.00 bits per heavy atom. The van der Waals surface area contributed by atoms with Crippen LogP contribution >= 0.6 is 11.3 Å². The highest BCUT2D eigenvalue weighted by Crippen LogP contribution is 2.46. The minimum absolute atomic E-state index is 0.0367. The molecule has 3 rings (SSSR count). The molecule has 2 aromatic rings. The lowest BCUT2D eigenvalue weighted by Crippen LogP contribution is -2.50. The number of carbonyl (C=O) groups excluding carboxylic acids is 2. The number of methoxy groups -OCH3 is 3. The topological polar surface area (TPSA) is 111 Å². The van der Waals surface area contributed by atoms with Crippen LogP contribution in [0.25, 0.3) is 0 Å². The van der Waals surface area contributed by atoms with Crippen molar-refractivity contribution in [2.75, 3.05) is 47.5 Å². The quantitative estimate of drug-likeness (QED) is 0.505. The third-order valence-electron chi connectivity index (χ3n) is 4.80. The van der Waals surface area contributed by atoms with E-state index in [-0.39, 0.29) is 41.8 Å². The van der Waals surface area contributed by atoms with Crippen LogP contribution in [-0.4, -0.2) is 74.0 Å². The van der Waals surface area contributed by atoms with E-state index in [0.29, 0.717) is 18.0 Å². The van der Waals surface area contributed by atoms with E-state index in [1.807, 2.05) is 5.38 Å². The van der Waals surface area contributed by atoms with Gasteiger partial charge in [0.2, 0.25) is 11.5 Å². The summed E-state index contributed by atoms with van der Waals surface area (Å²) in [5.41, 5.74) is -0.648. The molecule has 2 amide bonds. The Morgan fingerprint density at radius 2 is 1.60 bits per heavy atom. The number of rotatable bonds is 6. The normalized spacial score (nSPS) is 13.7. The van der Waals surface area contributed by atoms with Crippen molar-refractivity contribution in [3.8, 4) is 17.2 Å². The van der Waals surface area contributed by atoms with Crippen LogP contribution < -0.4 is 14.2 Å². The average Bonchev–Trinajstić information content (AvgIpc) is 3.31. The van der Waals surface area contributed by atoms with Crippen LogP contribution in [-0.2, 0) is 0 Å². The maximum atomic E-state index is 13.1. The molecule has 0 aliphatic carbocycles. The lowest BCUT2D eigenvalue weighted by molar-refractivity contribution is -0.386. The van der Waals surface area contributed by atoms with Gasteiger partial charge >= 0.3 is 5.69 Å². The van der Waals surface area contributed by atoms with Gasteiger partial charge in [0.1, 0.15) is 5.56 Å². The maximum Gasteiger partial charge on any atom is 0.327 e. The van der Waals surface area contributed by atoms with E-state index in [2.05, 4.69) is 0 Å². The van der Waals surface area contributed by atoms with Crippen molar-refractivity contribution in [3.05, 3.63) is 44.1 Å². The minimum atomic E-state index is -0.676. The fourth-order valence-corrected chi connectivity index (χ4v) is 4.02. The van der Waals surface area contributed by atoms with Gasteiger partial charge in [-0.1, -0.05) is 6.07 Å². The van der Waals surface area contributed by atoms with Crippen molar-refractivity contribution < 1.29 is 28.7 Å². The molecular formula is C19H21N3O7S. The monoisotopic (exact) mass is 435 g/mol. The fraction of sp³-hybridized carbons (Fsp3) is 0.368. The zero-order valence-corrected chi connectivity index (χ0v) is 17.6. The number of nitrogens with zero attached hydrogens (tertiary/aromatic N) is 3. The molecule has 1 aliphatic heterocycles. The van der Waals surface area contributed by atoms with E-state index in [1.54, 1.807) is 17.0 Å². The first-order valence-electron chi connectivity index (χ1n) is 9.02. The van der Waals surface area contributed by atoms with E-state index in [9.17, 15) is 19.7 Å². The molecule has 0 saturated carbocycles. The molecule has 1 aliphatic rings. The average molecular weight is 435 g/mol. The number of nitro groups is 1. The van der Waals surface area contributed by atoms with Crippen molar-refractivity contribution in [2.24, 2.45) is 0 Å². The van der Waals surface area contributed by atoms with Gasteiger partial charge in [-0.15, -0.1) is 11.3 Å². The van der Waals surface area contributed by atoms with E-state index >= 15 is 0 Å². The molecule has 0 unspecified atom stereocenters. The Kier molecular flexibility index (Phi) is 6.40. The van der Waals surface area contributed by atoms with Gasteiger partial charge in [0.05, 0.1) is 31.1 Å². The lowest BCUT2D eigenvalue weighted by atomic mass is 10.1. The number of amides is 2. The molecule has 30 heavy (non-hydrogen) atoms. The Morgan fingerprint density at radius 3 is 2.07 bits per heavy atom. The van der Waals surface area contributed by atoms with Gasteiger partial charge in [-0.25, -0.2) is 0 Å². The summed E-state index contributed by atoms with van der Waals surface area (Å²) < 4.78 is 15.6. The van der Waals surface area contributed by atoms with E-state index in [4.69, 9.17) is 14.2 Å². The van der Waals surface area contributed by atoms with E-state index in [1.165, 1.54) is 43.6 Å². The molecule has 1 saturated heterocycles. The summed E-state index contributed by atoms with van der Waals surface area (Å²) in [6.07, 6.45) is 0. The molecule has 0 radical (unpaired) electrons. The highest BCUT2D eigenvalue weighted by atomic mass is 32.1. The smallest absolute Gasteiger partial charge is 0.327 e. The van der Waals surface area contributed by atoms with Crippen molar-refractivity contribution in [2.45, 2.75) is 0 Å². The van der Waals surface area contributed by atoms with Crippen molar-refractivity contribution in [1.82, 2.24) is 9.80 Å². The van der Waals surface area contributed by atoms with Crippen molar-refractivity contribution in [3.63, 3.8) is 0 Å². The predicted octanol–water partition coefficient (Wildman–Crippen LogP) is 2.28. The number of ether oxygens (including phenoxy) is 3. The standard InChI is InChI=1S/C19H21N3O7S/c1-27-13-11-12(15(22(25)26)17(29-3)16(13)28-2)18(23)20-6-8-21(9-7-20)19(24)14-5-4-10-30-14/h4-5,10-11H,6-9H2,1-3H3. The Labute approximate surface area is 176 Å². The second-order valence-corrected chi connectivity index (χ2v) is 7.31. The van der Waals surface area contributed by atoms with Crippen molar-refractivity contribution >= 4 is 28.8 Å². The van der Waals surface area contributed by atoms with Gasteiger partial charge in [0, 0.05) is 32.2 Å². The number of hydrogen-bond acceptors (Lipinski definition) is 8. The Balaban J connectivity index is 1.86. The first kappa shape index (κ1) is 21.4. The zero-order chi connectivity index (χ0) is 21.8. The number of thiophene rings is 1. The minimum Gasteiger partial charge on any atom is -0.493 e. The molecule has 0 N–H and O–H groups in total. The summed E-state index contributed by atoms with van der Waals surface area (Å²) in [7, 11) is 3.95. The first-order valence-corrected chi connectivity index (χ1v) is 9.90. The molecule has 1 aromatic heterocycles. The molecule has 160 valence electrons. The van der Waals surface area contributed by atoms with Gasteiger partial charge in [-0.3, -0.25) is 19.7 Å². The second-order valence-electron chi connectivity index (χ2n) is 6.36. The Hall–Kier alpha value is -3.34. The predicted molar refractivity (Wildman–Crippen MR) is 109 cm³/mol. The van der Waals surface area contributed by atoms with Crippen LogP contribution in [0.15, 0.2) is 23.6 Å². The van der Waals surface area contributed by atoms with Gasteiger partial charge in [0.15, 0.2) is 5.75 Å². The van der Waals surface area contributed by atoms with Crippen LogP contribution in [0.2, 0.25) is 0 Å². The highest BCUT2D eigenvalue weighted by Gasteiger charge is 2.35. The number of benzene rings is 1. The number of hydrogen-bond donors (Lipinski definition) is 0. The third kappa shape index (κ3) is 3.88. The van der Waals surface area contributed by atoms with Crippen LogP contribution in [0.5, 0.6) is 17.2 Å². The fourth-order valence-electron chi connectivity index (χ4n) is 3.32. The van der Waals surface area contributed by atoms with Crippen LogP contribution in [0.1, 0.15) is 20.0 Å². The first-order chi connectivity index (χ1) is 14.4. The summed E-state index contributed by atoms with van der Waals surface area (Å²) in [5, 5.41) is 13.6. The van der Waals surface area contributed by atoms with Crippen LogP contribution in [0.3, 0.4) is 0 Å². The summed E-state index contributed by atoms with van der Waals surface area (Å²) in [5.74, 6) is -0.624. The molecular weight excluding hydrogens is 414 g/mol. The number of piperazine rings is 1. The zero-order valence-electron chi connectivity index (χ0n) is 16.7. The number of carbonyl (C=O) groups is 2. The summed E-state index contributed by atoms with van der Waals surface area (Å²) in [6.45, 7) is 1.18. The largest absolute Gasteiger partial charge is 0.493 e.